The average molecular weight is 227 g/mol. The highest BCUT2D eigenvalue weighted by Crippen LogP contribution is 2.34. The minimum absolute atomic E-state index is 0.180. The number of fused-ring (bicyclic) bond motifs is 1. The first kappa shape index (κ1) is 11.5. The van der Waals surface area contributed by atoms with Crippen LogP contribution in [0.2, 0.25) is 0 Å². The van der Waals surface area contributed by atoms with Gasteiger partial charge in [0.1, 0.15) is 11.6 Å². The third-order valence-electron chi connectivity index (χ3n) is 2.94. The van der Waals surface area contributed by atoms with Gasteiger partial charge in [-0.3, -0.25) is 0 Å². The molecule has 0 aliphatic heterocycles. The van der Waals surface area contributed by atoms with Crippen molar-refractivity contribution in [3.8, 4) is 0 Å². The molecule has 2 nitrogen and oxygen atoms in total. The molecule has 0 saturated heterocycles. The zero-order valence-corrected chi connectivity index (χ0v) is 9.13. The molecule has 16 heavy (non-hydrogen) atoms. The molecule has 0 aromatic heterocycles. The summed E-state index contributed by atoms with van der Waals surface area (Å²) in [5, 5.41) is 12.2. The quantitative estimate of drug-likeness (QED) is 0.827. The third kappa shape index (κ3) is 2.08. The Morgan fingerprint density at radius 2 is 2.12 bits per heavy atom. The van der Waals surface area contributed by atoms with Crippen molar-refractivity contribution in [3.05, 3.63) is 34.9 Å². The first-order valence-corrected chi connectivity index (χ1v) is 5.48. The lowest BCUT2D eigenvalue weighted by atomic mass is 10.1. The Morgan fingerprint density at radius 1 is 1.44 bits per heavy atom. The van der Waals surface area contributed by atoms with Crippen LogP contribution in [0.5, 0.6) is 0 Å². The third-order valence-corrected chi connectivity index (χ3v) is 2.94. The molecule has 2 atom stereocenters. The van der Waals surface area contributed by atoms with E-state index in [4.69, 9.17) is 5.11 Å². The smallest absolute Gasteiger partial charge is 0.128 e. The van der Waals surface area contributed by atoms with E-state index in [1.807, 2.05) is 0 Å². The van der Waals surface area contributed by atoms with Crippen molar-refractivity contribution in [3.63, 3.8) is 0 Å². The molecule has 1 unspecified atom stereocenters. The lowest BCUT2D eigenvalue weighted by Gasteiger charge is -2.15. The van der Waals surface area contributed by atoms with Gasteiger partial charge in [0.15, 0.2) is 0 Å². The number of aliphatic hydroxyl groups excluding tert-OH is 1. The molecule has 0 saturated carbocycles. The molecule has 0 bridgehead atoms. The summed E-state index contributed by atoms with van der Waals surface area (Å²) in [6, 6.07) is 2.15. The highest BCUT2D eigenvalue weighted by Gasteiger charge is 2.28. The van der Waals surface area contributed by atoms with E-state index < -0.39 is 6.10 Å². The van der Waals surface area contributed by atoms with Crippen LogP contribution in [-0.4, -0.2) is 17.8 Å². The summed E-state index contributed by atoms with van der Waals surface area (Å²) in [6.07, 6.45) is 0.747. The molecule has 88 valence electrons. The monoisotopic (exact) mass is 227 g/mol. The highest BCUT2D eigenvalue weighted by molar-refractivity contribution is 5.36. The first-order chi connectivity index (χ1) is 7.59. The highest BCUT2D eigenvalue weighted by atomic mass is 19.1. The van der Waals surface area contributed by atoms with Crippen LogP contribution in [0.25, 0.3) is 0 Å². The summed E-state index contributed by atoms with van der Waals surface area (Å²) >= 11 is 0. The van der Waals surface area contributed by atoms with Gasteiger partial charge in [0, 0.05) is 18.2 Å². The van der Waals surface area contributed by atoms with E-state index in [2.05, 4.69) is 5.32 Å². The second kappa shape index (κ2) is 4.47. The summed E-state index contributed by atoms with van der Waals surface area (Å²) < 4.78 is 27.0. The van der Waals surface area contributed by atoms with E-state index in [1.54, 1.807) is 6.92 Å². The maximum atomic E-state index is 13.6. The lowest BCUT2D eigenvalue weighted by Crippen LogP contribution is -2.28. The van der Waals surface area contributed by atoms with Crippen LogP contribution >= 0.6 is 0 Å². The molecule has 2 N–H and O–H groups in total. The topological polar surface area (TPSA) is 32.3 Å². The van der Waals surface area contributed by atoms with Gasteiger partial charge in [-0.15, -0.1) is 0 Å². The van der Waals surface area contributed by atoms with Gasteiger partial charge in [-0.1, -0.05) is 0 Å². The zero-order chi connectivity index (χ0) is 11.7. The maximum absolute atomic E-state index is 13.6. The molecule has 0 spiro atoms. The predicted octanol–water partition coefficient (Wildman–Crippen LogP) is 1.92. The van der Waals surface area contributed by atoms with Gasteiger partial charge < -0.3 is 10.4 Å². The molecule has 1 aliphatic carbocycles. The van der Waals surface area contributed by atoms with Crippen molar-refractivity contribution in [1.29, 1.82) is 0 Å². The van der Waals surface area contributed by atoms with Crippen LogP contribution in [0.4, 0.5) is 8.78 Å². The summed E-state index contributed by atoms with van der Waals surface area (Å²) in [6.45, 7) is 2.05. The Labute approximate surface area is 93.3 Å². The Balaban J connectivity index is 2.22. The molecule has 1 aromatic rings. The van der Waals surface area contributed by atoms with Crippen LogP contribution < -0.4 is 5.32 Å². The number of nitrogens with one attached hydrogen (secondary N) is 1. The fraction of sp³-hybridized carbons (Fsp3) is 0.500. The second-order valence-electron chi connectivity index (χ2n) is 4.27. The number of rotatable bonds is 3. The van der Waals surface area contributed by atoms with Gasteiger partial charge in [-0.25, -0.2) is 8.78 Å². The van der Waals surface area contributed by atoms with Crippen LogP contribution in [0.1, 0.15) is 30.5 Å². The molecule has 0 heterocycles. The minimum atomic E-state index is -0.485. The molecule has 4 heteroatoms. The van der Waals surface area contributed by atoms with Crippen molar-refractivity contribution in [1.82, 2.24) is 5.32 Å². The first-order valence-electron chi connectivity index (χ1n) is 5.48. The second-order valence-corrected chi connectivity index (χ2v) is 4.27. The molecular weight excluding hydrogens is 212 g/mol. The fourth-order valence-electron chi connectivity index (χ4n) is 2.19. The van der Waals surface area contributed by atoms with Crippen LogP contribution in [0.15, 0.2) is 12.1 Å². The van der Waals surface area contributed by atoms with Crippen LogP contribution in [-0.2, 0) is 6.42 Å². The molecule has 1 aliphatic rings. The number of halogens is 2. The molecule has 0 fully saturated rings. The van der Waals surface area contributed by atoms with Gasteiger partial charge in [0.2, 0.25) is 0 Å². The van der Waals surface area contributed by atoms with Gasteiger partial charge in [-0.05, 0) is 37.5 Å². The zero-order valence-electron chi connectivity index (χ0n) is 9.13. The van der Waals surface area contributed by atoms with E-state index in [0.717, 1.165) is 6.07 Å². The van der Waals surface area contributed by atoms with E-state index in [1.165, 1.54) is 6.07 Å². The van der Waals surface area contributed by atoms with Crippen LogP contribution in [0, 0.1) is 11.6 Å². The molecule has 1 aromatic carbocycles. The number of hydrogen-bond donors (Lipinski definition) is 2. The molecular formula is C12H15F2NO. The normalized spacial score (nSPS) is 20.9. The fourth-order valence-corrected chi connectivity index (χ4v) is 2.19. The molecule has 2 rings (SSSR count). The van der Waals surface area contributed by atoms with E-state index in [9.17, 15) is 8.78 Å². The number of benzene rings is 1. The molecule has 0 radical (unpaired) electrons. The standard InChI is InChI=1S/C12H15F2NO/c1-7(16)6-15-11-5-2-8-9(13)3-4-10(14)12(8)11/h3-4,7,11,15-16H,2,5-6H2,1H3/t7-,11?/m1/s1. The predicted molar refractivity (Wildman–Crippen MR) is 57.1 cm³/mol. The van der Waals surface area contributed by atoms with Crippen LogP contribution in [0.3, 0.4) is 0 Å². The van der Waals surface area contributed by atoms with Gasteiger partial charge in [0.25, 0.3) is 0 Å². The van der Waals surface area contributed by atoms with Crippen molar-refractivity contribution < 1.29 is 13.9 Å². The Hall–Kier alpha value is -1.00. The van der Waals surface area contributed by atoms with E-state index in [-0.39, 0.29) is 17.7 Å². The summed E-state index contributed by atoms with van der Waals surface area (Å²) in [5.41, 5.74) is 0.906. The summed E-state index contributed by atoms with van der Waals surface area (Å²) in [7, 11) is 0. The Bertz CT molecular complexity index is 393. The average Bonchev–Trinajstić information content (AvgIpc) is 2.65. The largest absolute Gasteiger partial charge is 0.392 e. The summed E-state index contributed by atoms with van der Waals surface area (Å²) in [5.74, 6) is -0.699. The number of hydrogen-bond acceptors (Lipinski definition) is 2. The molecule has 0 amide bonds. The van der Waals surface area contributed by atoms with Crippen molar-refractivity contribution in [2.45, 2.75) is 31.9 Å². The van der Waals surface area contributed by atoms with Crippen molar-refractivity contribution in [2.24, 2.45) is 0 Å². The maximum Gasteiger partial charge on any atom is 0.128 e. The van der Waals surface area contributed by atoms with E-state index in [0.29, 0.717) is 30.5 Å². The van der Waals surface area contributed by atoms with Crippen molar-refractivity contribution in [2.75, 3.05) is 6.54 Å². The van der Waals surface area contributed by atoms with Gasteiger partial charge in [-0.2, -0.15) is 0 Å². The summed E-state index contributed by atoms with van der Waals surface area (Å²) in [4.78, 5) is 0. The SMILES string of the molecule is C[C@@H](O)CNC1CCc2c(F)ccc(F)c21. The van der Waals surface area contributed by atoms with Crippen molar-refractivity contribution >= 4 is 0 Å². The number of aliphatic hydroxyl groups is 1. The Morgan fingerprint density at radius 3 is 2.81 bits per heavy atom. The van der Waals surface area contributed by atoms with Gasteiger partial charge >= 0.3 is 0 Å². The lowest BCUT2D eigenvalue weighted by molar-refractivity contribution is 0.186. The van der Waals surface area contributed by atoms with E-state index >= 15 is 0 Å². The minimum Gasteiger partial charge on any atom is -0.392 e. The van der Waals surface area contributed by atoms with Gasteiger partial charge in [0.05, 0.1) is 6.10 Å². The Kier molecular flexibility index (Phi) is 3.21.